The summed E-state index contributed by atoms with van der Waals surface area (Å²) in [4.78, 5) is 0. The molecule has 0 saturated carbocycles. The van der Waals surface area contributed by atoms with Crippen LogP contribution in [0.15, 0.2) is 12.1 Å². The number of nitrogens with one attached hydrogen (secondary N) is 1. The topological polar surface area (TPSA) is 49.0 Å². The molecule has 0 bridgehead atoms. The standard InChI is InChI=1S/C13H19NO4/c1-15-11-5-4-9(10-8-18-7-6-14-10)12(16-2)13(11)17-3/h4-5,10,14H,6-8H2,1-3H3. The van der Waals surface area contributed by atoms with Gasteiger partial charge in [0, 0.05) is 12.1 Å². The Morgan fingerprint density at radius 3 is 2.44 bits per heavy atom. The molecule has 100 valence electrons. The molecule has 1 fully saturated rings. The summed E-state index contributed by atoms with van der Waals surface area (Å²) in [6.45, 7) is 2.21. The SMILES string of the molecule is COc1ccc(C2COCCN2)c(OC)c1OC. The highest BCUT2D eigenvalue weighted by molar-refractivity contribution is 5.56. The number of methoxy groups -OCH3 is 3. The molecule has 1 atom stereocenters. The Morgan fingerprint density at radius 1 is 1.11 bits per heavy atom. The molecule has 0 spiro atoms. The van der Waals surface area contributed by atoms with Crippen molar-refractivity contribution in [1.29, 1.82) is 0 Å². The van der Waals surface area contributed by atoms with Gasteiger partial charge in [0.1, 0.15) is 0 Å². The maximum Gasteiger partial charge on any atom is 0.203 e. The molecule has 1 saturated heterocycles. The molecule has 0 amide bonds. The Morgan fingerprint density at radius 2 is 1.89 bits per heavy atom. The lowest BCUT2D eigenvalue weighted by Crippen LogP contribution is -2.34. The lowest BCUT2D eigenvalue weighted by Gasteiger charge is -2.26. The monoisotopic (exact) mass is 253 g/mol. The van der Waals surface area contributed by atoms with Crippen LogP contribution in [-0.2, 0) is 4.74 Å². The fourth-order valence-corrected chi connectivity index (χ4v) is 2.16. The van der Waals surface area contributed by atoms with Crippen LogP contribution in [0.1, 0.15) is 11.6 Å². The van der Waals surface area contributed by atoms with E-state index >= 15 is 0 Å². The molecule has 1 heterocycles. The van der Waals surface area contributed by atoms with Crippen molar-refractivity contribution < 1.29 is 18.9 Å². The Labute approximate surface area is 107 Å². The molecule has 1 N–H and O–H groups in total. The van der Waals surface area contributed by atoms with Gasteiger partial charge in [-0.05, 0) is 12.1 Å². The lowest BCUT2D eigenvalue weighted by molar-refractivity contribution is 0.0759. The highest BCUT2D eigenvalue weighted by atomic mass is 16.5. The Kier molecular flexibility index (Phi) is 4.28. The molecule has 1 aromatic carbocycles. The van der Waals surface area contributed by atoms with Crippen LogP contribution in [0, 0.1) is 0 Å². The van der Waals surface area contributed by atoms with E-state index in [4.69, 9.17) is 18.9 Å². The normalized spacial score (nSPS) is 19.4. The molecule has 2 rings (SSSR count). The predicted molar refractivity (Wildman–Crippen MR) is 67.7 cm³/mol. The maximum absolute atomic E-state index is 5.48. The van der Waals surface area contributed by atoms with Crippen molar-refractivity contribution in [1.82, 2.24) is 5.32 Å². The van der Waals surface area contributed by atoms with E-state index in [1.54, 1.807) is 21.3 Å². The largest absolute Gasteiger partial charge is 0.493 e. The Bertz CT molecular complexity index is 402. The van der Waals surface area contributed by atoms with Crippen LogP contribution in [0.5, 0.6) is 17.2 Å². The third-order valence-corrected chi connectivity index (χ3v) is 3.03. The molecule has 18 heavy (non-hydrogen) atoms. The van der Waals surface area contributed by atoms with Gasteiger partial charge in [-0.15, -0.1) is 0 Å². The zero-order chi connectivity index (χ0) is 13.0. The molecular formula is C13H19NO4. The van der Waals surface area contributed by atoms with Gasteiger partial charge in [0.15, 0.2) is 11.5 Å². The summed E-state index contributed by atoms with van der Waals surface area (Å²) in [5, 5.41) is 3.40. The van der Waals surface area contributed by atoms with Gasteiger partial charge in [0.05, 0.1) is 40.6 Å². The van der Waals surface area contributed by atoms with Crippen LogP contribution in [-0.4, -0.2) is 41.1 Å². The van der Waals surface area contributed by atoms with Crippen LogP contribution in [0.4, 0.5) is 0 Å². The van der Waals surface area contributed by atoms with Gasteiger partial charge < -0.3 is 24.3 Å². The maximum atomic E-state index is 5.48. The van der Waals surface area contributed by atoms with Crippen molar-refractivity contribution >= 4 is 0 Å². The number of morpholine rings is 1. The van der Waals surface area contributed by atoms with Gasteiger partial charge in [-0.2, -0.15) is 0 Å². The second kappa shape index (κ2) is 5.93. The fraction of sp³-hybridized carbons (Fsp3) is 0.538. The second-order valence-electron chi connectivity index (χ2n) is 4.01. The van der Waals surface area contributed by atoms with Crippen molar-refractivity contribution in [2.45, 2.75) is 6.04 Å². The van der Waals surface area contributed by atoms with Crippen molar-refractivity contribution in [3.63, 3.8) is 0 Å². The predicted octanol–water partition coefficient (Wildman–Crippen LogP) is 1.37. The van der Waals surface area contributed by atoms with Gasteiger partial charge in [0.2, 0.25) is 5.75 Å². The highest BCUT2D eigenvalue weighted by Crippen LogP contribution is 2.42. The zero-order valence-electron chi connectivity index (χ0n) is 11.0. The summed E-state index contributed by atoms with van der Waals surface area (Å²) in [5.41, 5.74) is 1.02. The molecule has 0 aromatic heterocycles. The average Bonchev–Trinajstić information content (AvgIpc) is 2.46. The van der Waals surface area contributed by atoms with Crippen molar-refractivity contribution in [2.75, 3.05) is 41.1 Å². The number of ether oxygens (including phenoxy) is 4. The first-order chi connectivity index (χ1) is 8.81. The van der Waals surface area contributed by atoms with Gasteiger partial charge in [0.25, 0.3) is 0 Å². The Hall–Kier alpha value is -1.46. The van der Waals surface area contributed by atoms with Crippen LogP contribution < -0.4 is 19.5 Å². The molecule has 1 unspecified atom stereocenters. The zero-order valence-corrected chi connectivity index (χ0v) is 11.0. The quantitative estimate of drug-likeness (QED) is 0.878. The minimum absolute atomic E-state index is 0.119. The molecule has 0 aliphatic carbocycles. The fourth-order valence-electron chi connectivity index (χ4n) is 2.16. The second-order valence-corrected chi connectivity index (χ2v) is 4.01. The first-order valence-corrected chi connectivity index (χ1v) is 5.91. The molecule has 0 radical (unpaired) electrons. The smallest absolute Gasteiger partial charge is 0.203 e. The number of rotatable bonds is 4. The van der Waals surface area contributed by atoms with Crippen LogP contribution in [0.25, 0.3) is 0 Å². The Balaban J connectivity index is 2.40. The van der Waals surface area contributed by atoms with E-state index in [1.165, 1.54) is 0 Å². The van der Waals surface area contributed by atoms with Gasteiger partial charge in [-0.25, -0.2) is 0 Å². The third kappa shape index (κ3) is 2.37. The molecular weight excluding hydrogens is 234 g/mol. The van der Waals surface area contributed by atoms with E-state index in [0.717, 1.165) is 18.7 Å². The van der Waals surface area contributed by atoms with Crippen LogP contribution in [0.2, 0.25) is 0 Å². The highest BCUT2D eigenvalue weighted by Gasteiger charge is 2.23. The van der Waals surface area contributed by atoms with E-state index in [9.17, 15) is 0 Å². The molecule has 1 aliphatic rings. The number of hydrogen-bond donors (Lipinski definition) is 1. The van der Waals surface area contributed by atoms with Gasteiger partial charge in [-0.3, -0.25) is 0 Å². The molecule has 1 aromatic rings. The molecule has 1 aliphatic heterocycles. The van der Waals surface area contributed by atoms with Crippen molar-refractivity contribution in [3.05, 3.63) is 17.7 Å². The molecule has 5 heteroatoms. The van der Waals surface area contributed by atoms with Gasteiger partial charge in [-0.1, -0.05) is 0 Å². The summed E-state index contributed by atoms with van der Waals surface area (Å²) in [6.07, 6.45) is 0. The van der Waals surface area contributed by atoms with E-state index in [2.05, 4.69) is 5.32 Å². The van der Waals surface area contributed by atoms with Crippen LogP contribution >= 0.6 is 0 Å². The first kappa shape index (κ1) is 13.0. The van der Waals surface area contributed by atoms with Gasteiger partial charge >= 0.3 is 0 Å². The number of benzene rings is 1. The molecule has 5 nitrogen and oxygen atoms in total. The average molecular weight is 253 g/mol. The minimum atomic E-state index is 0.119. The summed E-state index contributed by atoms with van der Waals surface area (Å²) in [7, 11) is 4.85. The number of hydrogen-bond acceptors (Lipinski definition) is 5. The third-order valence-electron chi connectivity index (χ3n) is 3.03. The van der Waals surface area contributed by atoms with Crippen molar-refractivity contribution in [3.8, 4) is 17.2 Å². The minimum Gasteiger partial charge on any atom is -0.493 e. The van der Waals surface area contributed by atoms with Crippen molar-refractivity contribution in [2.24, 2.45) is 0 Å². The van der Waals surface area contributed by atoms with E-state index in [1.807, 2.05) is 12.1 Å². The van der Waals surface area contributed by atoms with E-state index in [-0.39, 0.29) is 6.04 Å². The van der Waals surface area contributed by atoms with E-state index in [0.29, 0.717) is 23.9 Å². The summed E-state index contributed by atoms with van der Waals surface area (Å²) >= 11 is 0. The van der Waals surface area contributed by atoms with Crippen LogP contribution in [0.3, 0.4) is 0 Å². The summed E-state index contributed by atoms with van der Waals surface area (Å²) in [5.74, 6) is 1.97. The summed E-state index contributed by atoms with van der Waals surface area (Å²) < 4.78 is 21.6. The summed E-state index contributed by atoms with van der Waals surface area (Å²) in [6, 6.07) is 3.98. The van der Waals surface area contributed by atoms with E-state index < -0.39 is 0 Å². The first-order valence-electron chi connectivity index (χ1n) is 5.91. The lowest BCUT2D eigenvalue weighted by atomic mass is 10.0.